The molecule has 1 amide bonds. The molecular weight excluding hydrogens is 298 g/mol. The monoisotopic (exact) mass is 321 g/mol. The summed E-state index contributed by atoms with van der Waals surface area (Å²) in [6.45, 7) is 2.79. The summed E-state index contributed by atoms with van der Waals surface area (Å²) in [5.74, 6) is -1.85. The molecule has 1 saturated heterocycles. The lowest BCUT2D eigenvalue weighted by molar-refractivity contribution is -0.142. The van der Waals surface area contributed by atoms with Crippen LogP contribution in [0.25, 0.3) is 0 Å². The van der Waals surface area contributed by atoms with E-state index in [-0.39, 0.29) is 25.4 Å². The SMILES string of the molecule is CCCNC(=O)CCNS(=O)(=O)N1CCCC(C(=O)O)C1. The van der Waals surface area contributed by atoms with Gasteiger partial charge in [0.15, 0.2) is 0 Å². The Kier molecular flexibility index (Phi) is 7.06. The van der Waals surface area contributed by atoms with Crippen molar-refractivity contribution in [2.24, 2.45) is 5.92 Å². The molecule has 1 heterocycles. The van der Waals surface area contributed by atoms with Crippen LogP contribution in [0.2, 0.25) is 0 Å². The number of hydrogen-bond donors (Lipinski definition) is 3. The van der Waals surface area contributed by atoms with Crippen molar-refractivity contribution in [3.63, 3.8) is 0 Å². The molecule has 1 rings (SSSR count). The highest BCUT2D eigenvalue weighted by molar-refractivity contribution is 7.87. The average molecular weight is 321 g/mol. The van der Waals surface area contributed by atoms with Gasteiger partial charge in [-0.25, -0.2) is 4.72 Å². The van der Waals surface area contributed by atoms with Crippen LogP contribution in [0.1, 0.15) is 32.6 Å². The minimum Gasteiger partial charge on any atom is -0.481 e. The van der Waals surface area contributed by atoms with Gasteiger partial charge in [0.25, 0.3) is 10.2 Å². The molecule has 1 unspecified atom stereocenters. The fraction of sp³-hybridized carbons (Fsp3) is 0.833. The van der Waals surface area contributed by atoms with Crippen LogP contribution < -0.4 is 10.0 Å². The molecule has 1 fully saturated rings. The van der Waals surface area contributed by atoms with Crippen molar-refractivity contribution in [3.05, 3.63) is 0 Å². The summed E-state index contributed by atoms with van der Waals surface area (Å²) in [6, 6.07) is 0. The first-order chi connectivity index (χ1) is 9.86. The van der Waals surface area contributed by atoms with E-state index >= 15 is 0 Å². The van der Waals surface area contributed by atoms with Gasteiger partial charge in [0.1, 0.15) is 0 Å². The van der Waals surface area contributed by atoms with Gasteiger partial charge in [-0.3, -0.25) is 9.59 Å². The zero-order chi connectivity index (χ0) is 15.9. The maximum absolute atomic E-state index is 12.0. The van der Waals surface area contributed by atoms with Crippen molar-refractivity contribution in [3.8, 4) is 0 Å². The largest absolute Gasteiger partial charge is 0.481 e. The molecule has 21 heavy (non-hydrogen) atoms. The van der Waals surface area contributed by atoms with E-state index in [2.05, 4.69) is 10.0 Å². The summed E-state index contributed by atoms with van der Waals surface area (Å²) in [5.41, 5.74) is 0. The number of amides is 1. The minimum atomic E-state index is -3.73. The van der Waals surface area contributed by atoms with Crippen LogP contribution in [0.3, 0.4) is 0 Å². The first-order valence-corrected chi connectivity index (χ1v) is 8.55. The van der Waals surface area contributed by atoms with Crippen molar-refractivity contribution >= 4 is 22.1 Å². The van der Waals surface area contributed by atoms with Gasteiger partial charge < -0.3 is 10.4 Å². The number of carboxylic acid groups (broad SMARTS) is 1. The quantitative estimate of drug-likeness (QED) is 0.559. The Morgan fingerprint density at radius 1 is 1.33 bits per heavy atom. The molecule has 0 aromatic heterocycles. The smallest absolute Gasteiger partial charge is 0.307 e. The van der Waals surface area contributed by atoms with Crippen LogP contribution in [-0.4, -0.2) is 55.9 Å². The third kappa shape index (κ3) is 5.98. The number of nitrogens with zero attached hydrogens (tertiary/aromatic N) is 1. The summed E-state index contributed by atoms with van der Waals surface area (Å²) in [5, 5.41) is 11.6. The number of carboxylic acids is 1. The van der Waals surface area contributed by atoms with Crippen LogP contribution in [0, 0.1) is 5.92 Å². The predicted molar refractivity (Wildman–Crippen MR) is 76.8 cm³/mol. The summed E-state index contributed by atoms with van der Waals surface area (Å²) in [7, 11) is -3.73. The number of carbonyl (C=O) groups excluding carboxylic acids is 1. The molecular formula is C12H23N3O5S. The lowest BCUT2D eigenvalue weighted by Gasteiger charge is -2.29. The Hall–Kier alpha value is -1.19. The molecule has 0 aliphatic carbocycles. The molecule has 1 atom stereocenters. The molecule has 3 N–H and O–H groups in total. The summed E-state index contributed by atoms with van der Waals surface area (Å²) in [6.07, 6.45) is 1.90. The predicted octanol–water partition coefficient (Wildman–Crippen LogP) is -0.466. The Balaban J connectivity index is 2.42. The number of carbonyl (C=O) groups is 2. The van der Waals surface area contributed by atoms with Crippen LogP contribution in [0.5, 0.6) is 0 Å². The Morgan fingerprint density at radius 2 is 2.05 bits per heavy atom. The number of nitrogens with one attached hydrogen (secondary N) is 2. The van der Waals surface area contributed by atoms with Crippen molar-refractivity contribution < 1.29 is 23.1 Å². The zero-order valence-corrected chi connectivity index (χ0v) is 13.0. The van der Waals surface area contributed by atoms with E-state index in [1.807, 2.05) is 6.92 Å². The minimum absolute atomic E-state index is 0.00607. The van der Waals surface area contributed by atoms with E-state index in [1.54, 1.807) is 0 Å². The number of rotatable bonds is 8. The average Bonchev–Trinajstić information content (AvgIpc) is 2.45. The molecule has 1 aliphatic heterocycles. The van der Waals surface area contributed by atoms with Crippen molar-refractivity contribution in [2.45, 2.75) is 32.6 Å². The van der Waals surface area contributed by atoms with Gasteiger partial charge in [-0.15, -0.1) is 0 Å². The first kappa shape index (κ1) is 17.9. The van der Waals surface area contributed by atoms with Crippen LogP contribution in [-0.2, 0) is 19.8 Å². The number of aliphatic carboxylic acids is 1. The van der Waals surface area contributed by atoms with Gasteiger partial charge in [-0.2, -0.15) is 12.7 Å². The summed E-state index contributed by atoms with van der Waals surface area (Å²) < 4.78 is 27.6. The molecule has 0 spiro atoms. The second-order valence-corrected chi connectivity index (χ2v) is 6.79. The maximum Gasteiger partial charge on any atom is 0.307 e. The van der Waals surface area contributed by atoms with Gasteiger partial charge in [0, 0.05) is 32.6 Å². The summed E-state index contributed by atoms with van der Waals surface area (Å²) >= 11 is 0. The second-order valence-electron chi connectivity index (χ2n) is 5.03. The van der Waals surface area contributed by atoms with Crippen molar-refractivity contribution in [2.75, 3.05) is 26.2 Å². The van der Waals surface area contributed by atoms with E-state index in [0.29, 0.717) is 25.9 Å². The third-order valence-electron chi connectivity index (χ3n) is 3.28. The van der Waals surface area contributed by atoms with Gasteiger partial charge in [-0.05, 0) is 19.3 Å². The molecule has 0 radical (unpaired) electrons. The third-order valence-corrected chi connectivity index (χ3v) is 4.86. The fourth-order valence-electron chi connectivity index (χ4n) is 2.10. The molecule has 0 aromatic carbocycles. The molecule has 0 saturated carbocycles. The van der Waals surface area contributed by atoms with E-state index in [9.17, 15) is 18.0 Å². The topological polar surface area (TPSA) is 116 Å². The molecule has 0 aromatic rings. The van der Waals surface area contributed by atoms with Crippen LogP contribution >= 0.6 is 0 Å². The second kappa shape index (κ2) is 8.30. The van der Waals surface area contributed by atoms with Crippen molar-refractivity contribution in [1.29, 1.82) is 0 Å². The number of piperidine rings is 1. The normalized spacial score (nSPS) is 20.1. The van der Waals surface area contributed by atoms with Gasteiger partial charge in [0.05, 0.1) is 5.92 Å². The lowest BCUT2D eigenvalue weighted by Crippen LogP contribution is -2.48. The van der Waals surface area contributed by atoms with E-state index in [1.165, 1.54) is 0 Å². The van der Waals surface area contributed by atoms with Crippen LogP contribution in [0.4, 0.5) is 0 Å². The van der Waals surface area contributed by atoms with Gasteiger partial charge >= 0.3 is 5.97 Å². The molecule has 0 bridgehead atoms. The first-order valence-electron chi connectivity index (χ1n) is 7.11. The van der Waals surface area contributed by atoms with E-state index < -0.39 is 22.1 Å². The van der Waals surface area contributed by atoms with Crippen LogP contribution in [0.15, 0.2) is 0 Å². The fourth-order valence-corrected chi connectivity index (χ4v) is 3.39. The van der Waals surface area contributed by atoms with E-state index in [0.717, 1.165) is 10.7 Å². The molecule has 8 nitrogen and oxygen atoms in total. The highest BCUT2D eigenvalue weighted by Crippen LogP contribution is 2.18. The standard InChI is InChI=1S/C12H23N3O5S/c1-2-6-13-11(16)5-7-14-21(19,20)15-8-3-4-10(9-15)12(17)18/h10,14H,2-9H2,1H3,(H,13,16)(H,17,18). The lowest BCUT2D eigenvalue weighted by atomic mass is 10.0. The Bertz CT molecular complexity index is 466. The molecule has 9 heteroatoms. The van der Waals surface area contributed by atoms with Gasteiger partial charge in [-0.1, -0.05) is 6.92 Å². The highest BCUT2D eigenvalue weighted by Gasteiger charge is 2.31. The number of hydrogen-bond acceptors (Lipinski definition) is 4. The van der Waals surface area contributed by atoms with E-state index in [4.69, 9.17) is 5.11 Å². The Morgan fingerprint density at radius 3 is 2.67 bits per heavy atom. The molecule has 1 aliphatic rings. The Labute approximate surface area is 125 Å². The maximum atomic E-state index is 12.0. The zero-order valence-electron chi connectivity index (χ0n) is 12.2. The highest BCUT2D eigenvalue weighted by atomic mass is 32.2. The molecule has 122 valence electrons. The summed E-state index contributed by atoms with van der Waals surface area (Å²) in [4.78, 5) is 22.3. The van der Waals surface area contributed by atoms with Crippen molar-refractivity contribution in [1.82, 2.24) is 14.3 Å². The van der Waals surface area contributed by atoms with Gasteiger partial charge in [0.2, 0.25) is 5.91 Å².